The summed E-state index contributed by atoms with van der Waals surface area (Å²) in [5.74, 6) is -2.12. The molecule has 27 heavy (non-hydrogen) atoms. The molecule has 138 valence electrons. The monoisotopic (exact) mass is 429 g/mol. The molecule has 0 spiro atoms. The van der Waals surface area contributed by atoms with Gasteiger partial charge in [0.15, 0.2) is 5.92 Å². The molecule has 1 aliphatic heterocycles. The van der Waals surface area contributed by atoms with Gasteiger partial charge in [-0.3, -0.25) is 19.9 Å². The van der Waals surface area contributed by atoms with Crippen molar-refractivity contribution < 1.29 is 19.1 Å². The number of imide groups is 2. The minimum Gasteiger partial charge on any atom is -0.494 e. The van der Waals surface area contributed by atoms with Crippen molar-refractivity contribution in [3.05, 3.63) is 52.5 Å². The van der Waals surface area contributed by atoms with Gasteiger partial charge in [0.2, 0.25) is 5.91 Å². The van der Waals surface area contributed by atoms with Crippen molar-refractivity contribution in [1.29, 1.82) is 0 Å². The van der Waals surface area contributed by atoms with E-state index in [2.05, 4.69) is 26.2 Å². The fourth-order valence-corrected chi connectivity index (χ4v) is 2.93. The second kappa shape index (κ2) is 7.71. The number of aliphatic imine (C=N–C) groups is 1. The number of carbonyl (C=O) groups excluding carboxylic acids is 3. The van der Waals surface area contributed by atoms with Crippen molar-refractivity contribution in [3.8, 4) is 5.75 Å². The van der Waals surface area contributed by atoms with Crippen LogP contribution >= 0.6 is 15.9 Å². The van der Waals surface area contributed by atoms with Gasteiger partial charge in [-0.25, -0.2) is 9.69 Å². The molecule has 0 aromatic heterocycles. The minimum absolute atomic E-state index is 0.383. The number of rotatable bonds is 4. The zero-order valence-corrected chi connectivity index (χ0v) is 16.2. The van der Waals surface area contributed by atoms with Gasteiger partial charge in [0.1, 0.15) is 11.4 Å². The lowest BCUT2D eigenvalue weighted by molar-refractivity contribution is -0.131. The molecule has 1 heterocycles. The molecule has 7 nitrogen and oxygen atoms in total. The van der Waals surface area contributed by atoms with Crippen LogP contribution in [0, 0.1) is 12.8 Å². The molecule has 4 amide bonds. The van der Waals surface area contributed by atoms with Crippen molar-refractivity contribution in [2.24, 2.45) is 10.9 Å². The first-order valence-electron chi connectivity index (χ1n) is 8.04. The highest BCUT2D eigenvalue weighted by Gasteiger charge is 2.40. The van der Waals surface area contributed by atoms with E-state index in [0.29, 0.717) is 17.1 Å². The molecule has 1 N–H and O–H groups in total. The zero-order chi connectivity index (χ0) is 19.6. The Labute approximate surface area is 164 Å². The maximum absolute atomic E-state index is 12.8. The Kier molecular flexibility index (Phi) is 5.36. The van der Waals surface area contributed by atoms with Crippen LogP contribution in [0.4, 0.5) is 16.2 Å². The molecular weight excluding hydrogens is 414 g/mol. The Hall–Kier alpha value is -3.00. The molecule has 0 unspecified atom stereocenters. The summed E-state index contributed by atoms with van der Waals surface area (Å²) in [6, 6.07) is 11.3. The third kappa shape index (κ3) is 3.90. The first kappa shape index (κ1) is 18.8. The first-order chi connectivity index (χ1) is 12.9. The highest BCUT2D eigenvalue weighted by Crippen LogP contribution is 2.30. The number of methoxy groups -OCH3 is 1. The van der Waals surface area contributed by atoms with Crippen molar-refractivity contribution in [2.75, 3.05) is 12.0 Å². The minimum atomic E-state index is -1.23. The maximum atomic E-state index is 12.8. The molecule has 2 aromatic carbocycles. The Balaban J connectivity index is 1.92. The third-order valence-electron chi connectivity index (χ3n) is 4.00. The molecule has 1 atom stereocenters. The number of anilines is 1. The van der Waals surface area contributed by atoms with Crippen LogP contribution in [0.3, 0.4) is 0 Å². The number of urea groups is 1. The fraction of sp³-hybridized carbons (Fsp3) is 0.158. The average molecular weight is 430 g/mol. The van der Waals surface area contributed by atoms with E-state index in [4.69, 9.17) is 4.74 Å². The van der Waals surface area contributed by atoms with Gasteiger partial charge in [-0.2, -0.15) is 0 Å². The average Bonchev–Trinajstić information content (AvgIpc) is 2.63. The number of hydrogen-bond donors (Lipinski definition) is 1. The molecule has 3 rings (SSSR count). The van der Waals surface area contributed by atoms with Crippen LogP contribution in [0.25, 0.3) is 0 Å². The van der Waals surface area contributed by atoms with Crippen molar-refractivity contribution >= 4 is 51.4 Å². The summed E-state index contributed by atoms with van der Waals surface area (Å²) < 4.78 is 6.00. The van der Waals surface area contributed by atoms with Gasteiger partial charge < -0.3 is 4.74 Å². The number of barbiturate groups is 1. The number of ether oxygens (including phenoxy) is 1. The van der Waals surface area contributed by atoms with Crippen LogP contribution in [0.1, 0.15) is 5.56 Å². The molecule has 0 aliphatic carbocycles. The highest BCUT2D eigenvalue weighted by molar-refractivity contribution is 9.10. The lowest BCUT2D eigenvalue weighted by atomic mass is 10.1. The summed E-state index contributed by atoms with van der Waals surface area (Å²) in [6.07, 6.45) is 1.22. The van der Waals surface area contributed by atoms with Crippen LogP contribution in [0.2, 0.25) is 0 Å². The second-order valence-corrected chi connectivity index (χ2v) is 6.79. The second-order valence-electron chi connectivity index (χ2n) is 5.88. The Bertz CT molecular complexity index is 940. The van der Waals surface area contributed by atoms with E-state index in [1.807, 2.05) is 6.92 Å². The van der Waals surface area contributed by atoms with Crippen LogP contribution in [0.5, 0.6) is 5.75 Å². The Morgan fingerprint density at radius 1 is 1.15 bits per heavy atom. The summed E-state index contributed by atoms with van der Waals surface area (Å²) in [4.78, 5) is 42.3. The fourth-order valence-electron chi connectivity index (χ4n) is 2.58. The van der Waals surface area contributed by atoms with E-state index in [1.54, 1.807) is 42.5 Å². The number of benzene rings is 2. The summed E-state index contributed by atoms with van der Waals surface area (Å²) in [5.41, 5.74) is 1.82. The lowest BCUT2D eigenvalue weighted by Crippen LogP contribution is -2.58. The number of aryl methyl sites for hydroxylation is 1. The molecule has 8 heteroatoms. The van der Waals surface area contributed by atoms with Gasteiger partial charge in [-0.15, -0.1) is 0 Å². The van der Waals surface area contributed by atoms with Crippen LogP contribution in [-0.4, -0.2) is 31.2 Å². The van der Waals surface area contributed by atoms with E-state index in [9.17, 15) is 14.4 Å². The molecule has 1 aliphatic rings. The van der Waals surface area contributed by atoms with E-state index >= 15 is 0 Å². The van der Waals surface area contributed by atoms with E-state index in [0.717, 1.165) is 14.9 Å². The topological polar surface area (TPSA) is 88.1 Å². The predicted octanol–water partition coefficient (Wildman–Crippen LogP) is 3.37. The number of halogens is 1. The standard InChI is InChI=1S/C19H16BrN3O4/c1-11-3-6-13(7-4-11)23-18(25)14(17(24)22-19(23)26)10-21-15-9-12(20)5-8-16(15)27-2/h3-10,14H,1-2H3,(H,22,24,26)/t14-/m0/s1. The Morgan fingerprint density at radius 2 is 1.85 bits per heavy atom. The van der Waals surface area contributed by atoms with Gasteiger partial charge in [-0.1, -0.05) is 33.6 Å². The van der Waals surface area contributed by atoms with Crippen molar-refractivity contribution in [3.63, 3.8) is 0 Å². The third-order valence-corrected chi connectivity index (χ3v) is 4.49. The number of amides is 4. The zero-order valence-electron chi connectivity index (χ0n) is 14.6. The number of carbonyl (C=O) groups is 3. The molecule has 0 bridgehead atoms. The summed E-state index contributed by atoms with van der Waals surface area (Å²) in [7, 11) is 1.50. The maximum Gasteiger partial charge on any atom is 0.335 e. The predicted molar refractivity (Wildman–Crippen MR) is 105 cm³/mol. The van der Waals surface area contributed by atoms with Crippen LogP contribution in [-0.2, 0) is 9.59 Å². The summed E-state index contributed by atoms with van der Waals surface area (Å²) in [6.45, 7) is 1.90. The van der Waals surface area contributed by atoms with E-state index in [1.165, 1.54) is 13.3 Å². The van der Waals surface area contributed by atoms with Crippen LogP contribution < -0.4 is 15.0 Å². The van der Waals surface area contributed by atoms with E-state index < -0.39 is 23.8 Å². The number of hydrogen-bond acceptors (Lipinski definition) is 5. The van der Waals surface area contributed by atoms with Gasteiger partial charge in [0.05, 0.1) is 12.8 Å². The van der Waals surface area contributed by atoms with Crippen molar-refractivity contribution in [1.82, 2.24) is 5.32 Å². The first-order valence-corrected chi connectivity index (χ1v) is 8.83. The largest absolute Gasteiger partial charge is 0.494 e. The van der Waals surface area contributed by atoms with Gasteiger partial charge >= 0.3 is 6.03 Å². The van der Waals surface area contributed by atoms with Crippen molar-refractivity contribution in [2.45, 2.75) is 6.92 Å². The highest BCUT2D eigenvalue weighted by atomic mass is 79.9. The molecule has 0 radical (unpaired) electrons. The van der Waals surface area contributed by atoms with Gasteiger partial charge in [-0.05, 0) is 37.3 Å². The molecule has 0 saturated carbocycles. The smallest absolute Gasteiger partial charge is 0.335 e. The van der Waals surface area contributed by atoms with Gasteiger partial charge in [0, 0.05) is 10.7 Å². The summed E-state index contributed by atoms with van der Waals surface area (Å²) in [5, 5.41) is 2.19. The molecule has 2 aromatic rings. The molecular formula is C19H16BrN3O4. The van der Waals surface area contributed by atoms with Crippen LogP contribution in [0.15, 0.2) is 51.9 Å². The quantitative estimate of drug-likeness (QED) is 0.595. The SMILES string of the molecule is COc1ccc(Br)cc1N=C[C@H]1C(=O)NC(=O)N(c2ccc(C)cc2)C1=O. The van der Waals surface area contributed by atoms with Gasteiger partial charge in [0.25, 0.3) is 5.91 Å². The number of nitrogens with one attached hydrogen (secondary N) is 1. The Morgan fingerprint density at radius 3 is 2.52 bits per heavy atom. The normalized spacial score (nSPS) is 17.4. The molecule has 1 saturated heterocycles. The number of nitrogens with zero attached hydrogens (tertiary/aromatic N) is 2. The summed E-state index contributed by atoms with van der Waals surface area (Å²) >= 11 is 3.34. The lowest BCUT2D eigenvalue weighted by Gasteiger charge is -2.28. The van der Waals surface area contributed by atoms with E-state index in [-0.39, 0.29) is 0 Å². The molecule has 1 fully saturated rings.